The van der Waals surface area contributed by atoms with E-state index in [0.717, 1.165) is 25.6 Å². The van der Waals surface area contributed by atoms with Crippen LogP contribution in [-0.2, 0) is 6.54 Å². The van der Waals surface area contributed by atoms with Crippen molar-refractivity contribution in [1.29, 1.82) is 0 Å². The summed E-state index contributed by atoms with van der Waals surface area (Å²) in [7, 11) is 0. The number of nitrogens with one attached hydrogen (secondary N) is 1. The largest absolute Gasteiger partial charge is 0.306 e. The molecule has 1 aliphatic carbocycles. The van der Waals surface area contributed by atoms with Crippen molar-refractivity contribution < 1.29 is 0 Å². The Balaban J connectivity index is 1.31. The van der Waals surface area contributed by atoms with Crippen molar-refractivity contribution in [2.24, 2.45) is 5.92 Å². The molecule has 0 radical (unpaired) electrons. The predicted octanol–water partition coefficient (Wildman–Crippen LogP) is 2.50. The Kier molecular flexibility index (Phi) is 3.00. The van der Waals surface area contributed by atoms with E-state index in [2.05, 4.69) is 64.1 Å². The molecule has 20 heavy (non-hydrogen) atoms. The number of rotatable bonds is 4. The van der Waals surface area contributed by atoms with Gasteiger partial charge in [0.2, 0.25) is 0 Å². The van der Waals surface area contributed by atoms with Gasteiger partial charge in [-0.25, -0.2) is 0 Å². The molecule has 1 aromatic carbocycles. The lowest BCUT2D eigenvalue weighted by Gasteiger charge is -2.45. The van der Waals surface area contributed by atoms with E-state index >= 15 is 0 Å². The number of benzene rings is 1. The van der Waals surface area contributed by atoms with Gasteiger partial charge in [0.15, 0.2) is 0 Å². The van der Waals surface area contributed by atoms with Crippen LogP contribution >= 0.6 is 0 Å². The molecule has 3 aliphatic rings. The van der Waals surface area contributed by atoms with Crippen molar-refractivity contribution >= 4 is 0 Å². The molecule has 1 N–H and O–H groups in total. The number of hydrogen-bond acceptors (Lipinski definition) is 3. The molecule has 0 amide bonds. The third-order valence-corrected chi connectivity index (χ3v) is 4.42. The van der Waals surface area contributed by atoms with E-state index in [1.807, 2.05) is 0 Å². The third kappa shape index (κ3) is 2.46. The van der Waals surface area contributed by atoms with Crippen LogP contribution in [0.5, 0.6) is 0 Å². The average molecular weight is 267 g/mol. The summed E-state index contributed by atoms with van der Waals surface area (Å²) in [4.78, 5) is 2.50. The first-order valence-electron chi connectivity index (χ1n) is 7.57. The van der Waals surface area contributed by atoms with Gasteiger partial charge in [0.1, 0.15) is 0 Å². The van der Waals surface area contributed by atoms with Gasteiger partial charge in [-0.05, 0) is 36.0 Å². The number of hydrazine groups is 1. The first-order chi connectivity index (χ1) is 9.88. The Morgan fingerprint density at radius 1 is 1.10 bits per heavy atom. The van der Waals surface area contributed by atoms with Crippen molar-refractivity contribution in [3.8, 4) is 0 Å². The van der Waals surface area contributed by atoms with Crippen LogP contribution in [0.1, 0.15) is 18.4 Å². The summed E-state index contributed by atoms with van der Waals surface area (Å²) in [5, 5.41) is 2.30. The predicted molar refractivity (Wildman–Crippen MR) is 80.4 cm³/mol. The molecule has 2 fully saturated rings. The Labute approximate surface area is 120 Å². The lowest BCUT2D eigenvalue weighted by molar-refractivity contribution is 0.0365. The third-order valence-electron chi connectivity index (χ3n) is 4.42. The van der Waals surface area contributed by atoms with Gasteiger partial charge >= 0.3 is 0 Å². The van der Waals surface area contributed by atoms with E-state index in [9.17, 15) is 0 Å². The van der Waals surface area contributed by atoms with Crippen LogP contribution in [0.4, 0.5) is 0 Å². The monoisotopic (exact) mass is 267 g/mol. The summed E-state index contributed by atoms with van der Waals surface area (Å²) in [6, 6.07) is 11.3. The standard InChI is InChI=1S/C17H21N3/c1-2-4-14(5-3-1)10-19-12-17(13-19)20-11-16(8-9-18-20)15-6-7-15/h1-5,8-9,11,15,17-18H,6-7,10,12-13H2. The molecular weight excluding hydrogens is 246 g/mol. The molecule has 104 valence electrons. The molecule has 3 nitrogen and oxygen atoms in total. The molecule has 1 aromatic rings. The quantitative estimate of drug-likeness (QED) is 0.904. The van der Waals surface area contributed by atoms with Crippen LogP contribution in [0.2, 0.25) is 0 Å². The normalized spacial score (nSPS) is 23.2. The smallest absolute Gasteiger partial charge is 0.0751 e. The molecule has 2 heterocycles. The number of likely N-dealkylation sites (tertiary alicyclic amines) is 1. The first kappa shape index (κ1) is 12.0. The second-order valence-corrected chi connectivity index (χ2v) is 6.11. The zero-order chi connectivity index (χ0) is 13.4. The van der Waals surface area contributed by atoms with E-state index < -0.39 is 0 Å². The summed E-state index contributed by atoms with van der Waals surface area (Å²) < 4.78 is 0. The van der Waals surface area contributed by atoms with Gasteiger partial charge in [-0.3, -0.25) is 9.91 Å². The van der Waals surface area contributed by atoms with Crippen molar-refractivity contribution in [3.63, 3.8) is 0 Å². The lowest BCUT2D eigenvalue weighted by Crippen LogP contribution is -2.60. The van der Waals surface area contributed by atoms with Gasteiger partial charge in [0.05, 0.1) is 6.04 Å². The van der Waals surface area contributed by atoms with E-state index in [1.54, 1.807) is 0 Å². The highest BCUT2D eigenvalue weighted by atomic mass is 15.5. The maximum atomic E-state index is 3.37. The summed E-state index contributed by atoms with van der Waals surface area (Å²) in [6.07, 6.45) is 9.38. The van der Waals surface area contributed by atoms with Crippen molar-refractivity contribution in [2.75, 3.05) is 13.1 Å². The van der Waals surface area contributed by atoms with E-state index in [0.29, 0.717) is 6.04 Å². The van der Waals surface area contributed by atoms with Gasteiger partial charge in [0.25, 0.3) is 0 Å². The van der Waals surface area contributed by atoms with E-state index in [4.69, 9.17) is 0 Å². The zero-order valence-corrected chi connectivity index (χ0v) is 11.7. The number of hydrogen-bond donors (Lipinski definition) is 1. The Morgan fingerprint density at radius 3 is 2.65 bits per heavy atom. The van der Waals surface area contributed by atoms with Crippen LogP contribution in [0.15, 0.2) is 54.4 Å². The highest BCUT2D eigenvalue weighted by Crippen LogP contribution is 2.38. The fraction of sp³-hybridized carbons (Fsp3) is 0.412. The van der Waals surface area contributed by atoms with Crippen molar-refractivity contribution in [3.05, 3.63) is 59.9 Å². The highest BCUT2D eigenvalue weighted by molar-refractivity contribution is 5.27. The van der Waals surface area contributed by atoms with Crippen LogP contribution in [-0.4, -0.2) is 29.0 Å². The van der Waals surface area contributed by atoms with Crippen molar-refractivity contribution in [2.45, 2.75) is 25.4 Å². The summed E-state index contributed by atoms with van der Waals surface area (Å²) >= 11 is 0. The molecule has 3 heteroatoms. The van der Waals surface area contributed by atoms with E-state index in [-0.39, 0.29) is 0 Å². The second-order valence-electron chi connectivity index (χ2n) is 6.11. The fourth-order valence-corrected chi connectivity index (χ4v) is 3.02. The molecule has 1 saturated carbocycles. The Hall–Kier alpha value is -1.74. The molecule has 2 aliphatic heterocycles. The van der Waals surface area contributed by atoms with Gasteiger partial charge in [-0.2, -0.15) is 0 Å². The van der Waals surface area contributed by atoms with Crippen molar-refractivity contribution in [1.82, 2.24) is 15.3 Å². The minimum absolute atomic E-state index is 0.609. The molecule has 1 saturated heterocycles. The van der Waals surface area contributed by atoms with Gasteiger partial charge < -0.3 is 5.43 Å². The average Bonchev–Trinajstić information content (AvgIpc) is 3.28. The van der Waals surface area contributed by atoms with E-state index in [1.165, 1.54) is 24.0 Å². The number of allylic oxidation sites excluding steroid dienone is 2. The zero-order valence-electron chi connectivity index (χ0n) is 11.7. The fourth-order valence-electron chi connectivity index (χ4n) is 3.02. The van der Waals surface area contributed by atoms with Crippen LogP contribution in [0.25, 0.3) is 0 Å². The summed E-state index contributed by atoms with van der Waals surface area (Å²) in [5.74, 6) is 0.830. The van der Waals surface area contributed by atoms with Crippen LogP contribution in [0.3, 0.4) is 0 Å². The highest BCUT2D eigenvalue weighted by Gasteiger charge is 2.33. The van der Waals surface area contributed by atoms with Gasteiger partial charge in [-0.15, -0.1) is 0 Å². The minimum atomic E-state index is 0.609. The maximum absolute atomic E-state index is 3.37. The topological polar surface area (TPSA) is 18.5 Å². The van der Waals surface area contributed by atoms with Crippen LogP contribution in [0, 0.1) is 5.92 Å². The first-order valence-corrected chi connectivity index (χ1v) is 7.57. The Bertz CT molecular complexity index is 524. The van der Waals surface area contributed by atoms with Gasteiger partial charge in [-0.1, -0.05) is 30.3 Å². The molecule has 4 rings (SSSR count). The summed E-state index contributed by atoms with van der Waals surface area (Å²) in [5.41, 5.74) is 6.28. The molecular formula is C17H21N3. The maximum Gasteiger partial charge on any atom is 0.0751 e. The minimum Gasteiger partial charge on any atom is -0.306 e. The Morgan fingerprint density at radius 2 is 1.90 bits per heavy atom. The molecule has 0 unspecified atom stereocenters. The SMILES string of the molecule is C1=CC(C2CC2)=CN(C2CN(Cc3ccccc3)C2)N1. The molecule has 0 atom stereocenters. The van der Waals surface area contributed by atoms with Crippen LogP contribution < -0.4 is 5.43 Å². The molecule has 0 aromatic heterocycles. The van der Waals surface area contributed by atoms with Gasteiger partial charge in [0, 0.05) is 32.0 Å². The second kappa shape index (κ2) is 4.98. The molecule has 0 spiro atoms. The molecule has 0 bridgehead atoms. The summed E-state index contributed by atoms with van der Waals surface area (Å²) in [6.45, 7) is 3.36. The number of nitrogens with zero attached hydrogens (tertiary/aromatic N) is 2. The lowest BCUT2D eigenvalue weighted by atomic mass is 10.1.